The minimum Gasteiger partial charge on any atom is -0.383 e. The maximum absolute atomic E-state index is 12.9. The van der Waals surface area contributed by atoms with Crippen LogP contribution >= 0.6 is 11.6 Å². The van der Waals surface area contributed by atoms with E-state index < -0.39 is 11.2 Å². The van der Waals surface area contributed by atoms with Crippen LogP contribution in [0.25, 0.3) is 11.2 Å². The molecule has 0 bridgehead atoms. The Bertz CT molecular complexity index is 1050. The molecule has 3 saturated carbocycles. The lowest BCUT2D eigenvalue weighted by Crippen LogP contribution is -2.40. The summed E-state index contributed by atoms with van der Waals surface area (Å²) in [7, 11) is 1.68. The van der Waals surface area contributed by atoms with E-state index in [0.29, 0.717) is 5.15 Å². The zero-order chi connectivity index (χ0) is 20.8. The molecule has 1 saturated heterocycles. The van der Waals surface area contributed by atoms with Gasteiger partial charge in [0.1, 0.15) is 22.9 Å². The number of ether oxygens (including phenoxy) is 2. The first kappa shape index (κ1) is 18.8. The van der Waals surface area contributed by atoms with E-state index in [-0.39, 0.29) is 30.1 Å². The number of rotatable bonds is 5. The second kappa shape index (κ2) is 6.08. The smallest absolute Gasteiger partial charge is 0.229 e. The van der Waals surface area contributed by atoms with Crippen molar-refractivity contribution in [3.05, 3.63) is 17.5 Å². The Morgan fingerprint density at radius 3 is 2.90 bits per heavy atom. The Hall–Kier alpha value is -1.90. The zero-order valence-corrected chi connectivity index (χ0v) is 18.1. The van der Waals surface area contributed by atoms with E-state index in [4.69, 9.17) is 21.1 Å². The average Bonchev–Trinajstić information content (AvgIpc) is 3.57. The molecule has 6 rings (SSSR count). The van der Waals surface area contributed by atoms with Crippen LogP contribution in [0.15, 0.2) is 12.4 Å². The quantitative estimate of drug-likeness (QED) is 0.707. The Morgan fingerprint density at radius 2 is 2.17 bits per heavy atom. The fourth-order valence-corrected chi connectivity index (χ4v) is 5.79. The third-order valence-electron chi connectivity index (χ3n) is 7.19. The molecule has 2 aromatic heterocycles. The van der Waals surface area contributed by atoms with Crippen LogP contribution in [0.2, 0.25) is 5.15 Å². The monoisotopic (exact) mass is 431 g/mol. The number of halogens is 1. The van der Waals surface area contributed by atoms with Crippen LogP contribution in [-0.2, 0) is 14.3 Å². The summed E-state index contributed by atoms with van der Waals surface area (Å²) >= 11 is 6.38. The first-order valence-corrected chi connectivity index (χ1v) is 11.1. The largest absolute Gasteiger partial charge is 0.383 e. The van der Waals surface area contributed by atoms with Crippen molar-refractivity contribution in [2.24, 2.45) is 17.3 Å². The molecule has 0 aromatic carbocycles. The SMILES string of the molecule is CNC(=O)[C@@]12C[C@@H]1[C@@H](n1cnc3c(NCC4CC4)cc(Cl)nc31)[C@@H]1OC(C)(C)O[C@@H]12. The van der Waals surface area contributed by atoms with Gasteiger partial charge in [-0.05, 0) is 39.0 Å². The Labute approximate surface area is 179 Å². The van der Waals surface area contributed by atoms with Gasteiger partial charge in [0, 0.05) is 25.6 Å². The molecule has 3 aliphatic carbocycles. The van der Waals surface area contributed by atoms with Crippen LogP contribution in [0.1, 0.15) is 39.2 Å². The topological polar surface area (TPSA) is 90.3 Å². The molecule has 4 fully saturated rings. The van der Waals surface area contributed by atoms with E-state index in [2.05, 4.69) is 20.6 Å². The molecule has 0 radical (unpaired) electrons. The summed E-state index contributed by atoms with van der Waals surface area (Å²) in [6.45, 7) is 4.72. The fraction of sp³-hybridized carbons (Fsp3) is 0.667. The number of carbonyl (C=O) groups is 1. The first-order valence-electron chi connectivity index (χ1n) is 10.7. The predicted molar refractivity (Wildman–Crippen MR) is 111 cm³/mol. The van der Waals surface area contributed by atoms with Crippen LogP contribution in [0.5, 0.6) is 0 Å². The van der Waals surface area contributed by atoms with E-state index in [1.165, 1.54) is 12.8 Å². The highest BCUT2D eigenvalue weighted by molar-refractivity contribution is 6.30. The summed E-state index contributed by atoms with van der Waals surface area (Å²) in [5.74, 6) is 0.134. The summed E-state index contributed by atoms with van der Waals surface area (Å²) in [5, 5.41) is 6.75. The van der Waals surface area contributed by atoms with E-state index in [1.54, 1.807) is 7.05 Å². The maximum Gasteiger partial charge on any atom is 0.229 e. The van der Waals surface area contributed by atoms with Crippen LogP contribution in [0.3, 0.4) is 0 Å². The highest BCUT2D eigenvalue weighted by Crippen LogP contribution is 2.71. The molecule has 1 aliphatic heterocycles. The molecule has 3 heterocycles. The third kappa shape index (κ3) is 2.56. The molecule has 2 aromatic rings. The van der Waals surface area contributed by atoms with Gasteiger partial charge in [0.05, 0.1) is 23.5 Å². The molecule has 5 atom stereocenters. The first-order chi connectivity index (χ1) is 14.3. The second-order valence-electron chi connectivity index (χ2n) is 9.58. The van der Waals surface area contributed by atoms with Crippen molar-refractivity contribution >= 4 is 34.4 Å². The van der Waals surface area contributed by atoms with Crippen LogP contribution in [-0.4, -0.2) is 52.0 Å². The molecule has 0 spiro atoms. The van der Waals surface area contributed by atoms with Gasteiger partial charge in [0.15, 0.2) is 11.4 Å². The minimum atomic E-state index is -0.736. The summed E-state index contributed by atoms with van der Waals surface area (Å²) in [4.78, 5) is 22.1. The normalized spacial score (nSPS) is 35.9. The molecule has 4 aliphatic rings. The van der Waals surface area contributed by atoms with E-state index in [1.807, 2.05) is 30.8 Å². The lowest BCUT2D eigenvalue weighted by molar-refractivity contribution is -0.164. The lowest BCUT2D eigenvalue weighted by atomic mass is 9.98. The Morgan fingerprint density at radius 1 is 1.37 bits per heavy atom. The van der Waals surface area contributed by atoms with Crippen molar-refractivity contribution in [1.29, 1.82) is 0 Å². The van der Waals surface area contributed by atoms with Crippen molar-refractivity contribution in [3.63, 3.8) is 0 Å². The van der Waals surface area contributed by atoms with Crippen molar-refractivity contribution in [2.75, 3.05) is 18.9 Å². The van der Waals surface area contributed by atoms with Gasteiger partial charge in [-0.2, -0.15) is 0 Å². The molecule has 30 heavy (non-hydrogen) atoms. The van der Waals surface area contributed by atoms with Gasteiger partial charge >= 0.3 is 0 Å². The predicted octanol–water partition coefficient (Wildman–Crippen LogP) is 2.73. The Kier molecular flexibility index (Phi) is 3.82. The number of imidazole rings is 1. The standard InChI is InChI=1S/C21H26ClN5O3/c1-20(2)29-16-15(11-7-21(11,17(16)30-20)19(28)23-3)27-9-25-14-12(24-8-10-4-5-10)6-13(22)26-18(14)27/h6,9-11,15-17H,4-5,7-8H2,1-3H3,(H,23,28)(H,24,26)/t11-,15-,16+,17+,21+/m1/s1. The number of nitrogens with one attached hydrogen (secondary N) is 2. The van der Waals surface area contributed by atoms with Gasteiger partial charge in [-0.3, -0.25) is 4.79 Å². The van der Waals surface area contributed by atoms with Crippen LogP contribution in [0, 0.1) is 17.3 Å². The number of amides is 1. The third-order valence-corrected chi connectivity index (χ3v) is 7.39. The molecule has 2 N–H and O–H groups in total. The molecule has 8 nitrogen and oxygen atoms in total. The van der Waals surface area contributed by atoms with Crippen molar-refractivity contribution in [2.45, 2.75) is 57.1 Å². The van der Waals surface area contributed by atoms with Crippen molar-refractivity contribution < 1.29 is 14.3 Å². The fourth-order valence-electron chi connectivity index (χ4n) is 5.60. The van der Waals surface area contributed by atoms with Gasteiger partial charge < -0.3 is 24.7 Å². The molecule has 1 amide bonds. The number of anilines is 1. The van der Waals surface area contributed by atoms with Crippen LogP contribution < -0.4 is 10.6 Å². The van der Waals surface area contributed by atoms with Crippen molar-refractivity contribution in [1.82, 2.24) is 19.9 Å². The number of pyridine rings is 1. The number of fused-ring (bicyclic) bond motifs is 4. The number of hydrogen-bond acceptors (Lipinski definition) is 6. The van der Waals surface area contributed by atoms with Gasteiger partial charge in [0.25, 0.3) is 0 Å². The molecule has 9 heteroatoms. The van der Waals surface area contributed by atoms with Crippen molar-refractivity contribution in [3.8, 4) is 0 Å². The maximum atomic E-state index is 12.9. The van der Waals surface area contributed by atoms with Gasteiger partial charge in [0.2, 0.25) is 5.91 Å². The van der Waals surface area contributed by atoms with E-state index >= 15 is 0 Å². The summed E-state index contributed by atoms with van der Waals surface area (Å²) in [6, 6.07) is 1.76. The zero-order valence-electron chi connectivity index (χ0n) is 17.3. The highest BCUT2D eigenvalue weighted by atomic mass is 35.5. The number of nitrogens with zero attached hydrogens (tertiary/aromatic N) is 3. The summed E-state index contributed by atoms with van der Waals surface area (Å²) < 4.78 is 14.6. The van der Waals surface area contributed by atoms with E-state index in [0.717, 1.165) is 35.7 Å². The average molecular weight is 432 g/mol. The second-order valence-corrected chi connectivity index (χ2v) is 9.97. The molecular formula is C21H26ClN5O3. The number of carbonyl (C=O) groups excluding carboxylic acids is 1. The molecule has 160 valence electrons. The molecular weight excluding hydrogens is 406 g/mol. The highest BCUT2D eigenvalue weighted by Gasteiger charge is 2.79. The summed E-state index contributed by atoms with van der Waals surface area (Å²) in [5.41, 5.74) is 1.87. The van der Waals surface area contributed by atoms with Gasteiger partial charge in [-0.25, -0.2) is 9.97 Å². The molecule has 0 unspecified atom stereocenters. The lowest BCUT2D eigenvalue weighted by Gasteiger charge is -2.24. The number of hydrogen-bond donors (Lipinski definition) is 2. The minimum absolute atomic E-state index is 0.0218. The number of aromatic nitrogens is 3. The van der Waals surface area contributed by atoms with Crippen LogP contribution in [0.4, 0.5) is 5.69 Å². The van der Waals surface area contributed by atoms with E-state index in [9.17, 15) is 4.79 Å². The van der Waals surface area contributed by atoms with Gasteiger partial charge in [-0.15, -0.1) is 0 Å². The summed E-state index contributed by atoms with van der Waals surface area (Å²) in [6.07, 6.45) is 4.59. The Balaban J connectivity index is 1.42. The van der Waals surface area contributed by atoms with Gasteiger partial charge in [-0.1, -0.05) is 11.6 Å².